The highest BCUT2D eigenvalue weighted by Crippen LogP contribution is 2.61. The largest absolute Gasteiger partial charge is 0.490 e. The Kier molecular flexibility index (Phi) is 7.36. The summed E-state index contributed by atoms with van der Waals surface area (Å²) in [4.78, 5) is 16.6. The molecule has 4 bridgehead atoms. The average Bonchev–Trinajstić information content (AvgIpc) is 2.95. The van der Waals surface area contributed by atoms with Crippen LogP contribution in [0.25, 0.3) is 0 Å². The van der Waals surface area contributed by atoms with Gasteiger partial charge in [0.1, 0.15) is 11.9 Å². The Morgan fingerprint density at radius 1 is 0.854 bits per heavy atom. The van der Waals surface area contributed by atoms with E-state index < -0.39 is 33.4 Å². The lowest BCUT2D eigenvalue weighted by atomic mass is 9.48. The Morgan fingerprint density at radius 2 is 1.37 bits per heavy atom. The summed E-state index contributed by atoms with van der Waals surface area (Å²) >= 11 is 0. The van der Waals surface area contributed by atoms with Gasteiger partial charge < -0.3 is 9.47 Å². The lowest BCUT2D eigenvalue weighted by molar-refractivity contribution is -0.186. The Hall–Kier alpha value is -2.95. The van der Waals surface area contributed by atoms with Crippen molar-refractivity contribution in [3.8, 4) is 5.75 Å². The number of carbonyl (C=O) groups is 1. The molecule has 4 aliphatic rings. The Balaban J connectivity index is 1.16. The fourth-order valence-electron chi connectivity index (χ4n) is 7.13. The molecule has 2 atom stereocenters. The van der Waals surface area contributed by atoms with Crippen molar-refractivity contribution in [1.82, 2.24) is 0 Å². The first-order valence-electron chi connectivity index (χ1n) is 13.7. The van der Waals surface area contributed by atoms with E-state index in [2.05, 4.69) is 36.4 Å². The number of benzene rings is 3. The Labute approximate surface area is 241 Å². The van der Waals surface area contributed by atoms with Crippen LogP contribution in [0, 0.1) is 23.2 Å². The van der Waals surface area contributed by atoms with Gasteiger partial charge in [0.2, 0.25) is 0 Å². The van der Waals surface area contributed by atoms with Gasteiger partial charge in [-0.05, 0) is 98.4 Å². The molecule has 41 heavy (non-hydrogen) atoms. The number of carbonyl (C=O) groups excluding carboxylic acids is 1. The maximum Gasteiger partial charge on any atom is 0.402 e. The molecule has 0 radical (unpaired) electrons. The first-order chi connectivity index (χ1) is 19.5. The smallest absolute Gasteiger partial charge is 0.402 e. The average molecular weight is 602 g/mol. The van der Waals surface area contributed by atoms with Gasteiger partial charge in [-0.3, -0.25) is 9.35 Å². The second kappa shape index (κ2) is 10.7. The van der Waals surface area contributed by atoms with Crippen LogP contribution < -0.4 is 4.74 Å². The summed E-state index contributed by atoms with van der Waals surface area (Å²) in [6, 6.07) is 28.9. The molecule has 0 heterocycles. The van der Waals surface area contributed by atoms with Gasteiger partial charge in [0, 0.05) is 0 Å². The van der Waals surface area contributed by atoms with Crippen molar-refractivity contribution in [3.63, 3.8) is 0 Å². The number of ether oxygens (including phenoxy) is 2. The molecule has 3 aromatic carbocycles. The zero-order chi connectivity index (χ0) is 28.8. The molecule has 0 spiro atoms. The van der Waals surface area contributed by atoms with Crippen molar-refractivity contribution in [2.75, 3.05) is 6.61 Å². The van der Waals surface area contributed by atoms with Crippen LogP contribution in [-0.4, -0.2) is 36.9 Å². The molecule has 4 fully saturated rings. The third-order valence-electron chi connectivity index (χ3n) is 8.66. The van der Waals surface area contributed by atoms with Crippen molar-refractivity contribution >= 4 is 27.0 Å². The van der Waals surface area contributed by atoms with E-state index in [1.807, 2.05) is 48.5 Å². The lowest BCUT2D eigenvalue weighted by Crippen LogP contribution is -2.58. The van der Waals surface area contributed by atoms with Gasteiger partial charge in [-0.2, -0.15) is 17.2 Å². The van der Waals surface area contributed by atoms with Crippen LogP contribution in [0.1, 0.15) is 32.1 Å². The highest BCUT2D eigenvalue weighted by atomic mass is 32.2. The molecule has 7 rings (SSSR count). The SMILES string of the molecule is O=C(OCC(F)(F)S(=O)(=O)O)C12CC3CC(C1)C(Oc1ccc([S+](c4ccccc4)c4ccccc4)cc1)C(C3)C2. The first-order valence-corrected chi connectivity index (χ1v) is 16.3. The van der Waals surface area contributed by atoms with Gasteiger partial charge in [0.25, 0.3) is 0 Å². The van der Waals surface area contributed by atoms with E-state index in [1.165, 1.54) is 14.7 Å². The third kappa shape index (κ3) is 5.49. The zero-order valence-electron chi connectivity index (χ0n) is 22.2. The Bertz CT molecular complexity index is 1440. The minimum atomic E-state index is -5.67. The molecule has 4 aliphatic carbocycles. The van der Waals surface area contributed by atoms with Crippen molar-refractivity contribution in [3.05, 3.63) is 84.9 Å². The van der Waals surface area contributed by atoms with Crippen LogP contribution in [-0.2, 0) is 30.5 Å². The van der Waals surface area contributed by atoms with E-state index >= 15 is 0 Å². The summed E-state index contributed by atoms with van der Waals surface area (Å²) in [5, 5.41) is -4.54. The normalized spacial score (nSPS) is 27.1. The maximum atomic E-state index is 13.7. The number of alkyl halides is 2. The van der Waals surface area contributed by atoms with Crippen molar-refractivity contribution in [1.29, 1.82) is 0 Å². The zero-order valence-corrected chi connectivity index (χ0v) is 23.8. The number of halogens is 2. The predicted octanol–water partition coefficient (Wildman–Crippen LogP) is 6.38. The molecule has 4 saturated carbocycles. The van der Waals surface area contributed by atoms with Crippen molar-refractivity contribution in [2.45, 2.75) is 58.1 Å². The molecule has 0 saturated heterocycles. The summed E-state index contributed by atoms with van der Waals surface area (Å²) in [5.41, 5.74) is -0.921. The van der Waals surface area contributed by atoms with E-state index in [0.29, 0.717) is 19.3 Å². The minimum absolute atomic E-state index is 0.0684. The lowest BCUT2D eigenvalue weighted by Gasteiger charge is -2.58. The minimum Gasteiger partial charge on any atom is -0.490 e. The second-order valence-corrected chi connectivity index (χ2v) is 15.0. The molecule has 1 N–H and O–H groups in total. The van der Waals surface area contributed by atoms with Crippen LogP contribution in [0.15, 0.2) is 99.6 Å². The summed E-state index contributed by atoms with van der Waals surface area (Å²) in [7, 11) is -5.94. The molecule has 6 nitrogen and oxygen atoms in total. The molecular formula is C31H31F2O6S2+. The summed E-state index contributed by atoms with van der Waals surface area (Å²) < 4.78 is 69.4. The topological polar surface area (TPSA) is 89.9 Å². The second-order valence-electron chi connectivity index (χ2n) is 11.4. The summed E-state index contributed by atoms with van der Waals surface area (Å²) in [5.74, 6) is 0.345. The first kappa shape index (κ1) is 28.2. The Morgan fingerprint density at radius 3 is 1.88 bits per heavy atom. The van der Waals surface area contributed by atoms with Gasteiger partial charge in [0.15, 0.2) is 21.3 Å². The maximum absolute atomic E-state index is 13.7. The van der Waals surface area contributed by atoms with Gasteiger partial charge in [-0.25, -0.2) is 0 Å². The van der Waals surface area contributed by atoms with E-state index in [4.69, 9.17) is 14.0 Å². The predicted molar refractivity (Wildman–Crippen MR) is 149 cm³/mol. The fourth-order valence-corrected chi connectivity index (χ4v) is 9.42. The van der Waals surface area contributed by atoms with Crippen LogP contribution >= 0.6 is 0 Å². The molecule has 2 unspecified atom stereocenters. The molecule has 0 aliphatic heterocycles. The van der Waals surface area contributed by atoms with Crippen LogP contribution in [0.2, 0.25) is 0 Å². The van der Waals surface area contributed by atoms with Gasteiger partial charge in [-0.15, -0.1) is 0 Å². The third-order valence-corrected chi connectivity index (χ3v) is 11.8. The summed E-state index contributed by atoms with van der Waals surface area (Å²) in [6.45, 7) is -1.69. The monoisotopic (exact) mass is 601 g/mol. The highest BCUT2D eigenvalue weighted by molar-refractivity contribution is 7.97. The van der Waals surface area contributed by atoms with Gasteiger partial charge in [-0.1, -0.05) is 36.4 Å². The van der Waals surface area contributed by atoms with Gasteiger partial charge in [0.05, 0.1) is 16.3 Å². The van der Waals surface area contributed by atoms with Crippen LogP contribution in [0.3, 0.4) is 0 Å². The number of hydrogen-bond donors (Lipinski definition) is 1. The van der Waals surface area contributed by atoms with Crippen molar-refractivity contribution < 1.29 is 36.0 Å². The number of hydrogen-bond acceptors (Lipinski definition) is 5. The number of esters is 1. The summed E-state index contributed by atoms with van der Waals surface area (Å²) in [6.07, 6.45) is 3.12. The standard InChI is InChI=1S/C31H30F2O6S2/c32-31(33,41(35,36)37)20-38-29(34)30-17-21-15-22(18-30)28(23(16-21)19-30)39-24-11-13-27(14-12-24)40(25-7-3-1-4-8-25)26-9-5-2-6-10-26/h1-14,21-23,28H,15-20H2/p+1. The molecule has 3 aromatic rings. The quantitative estimate of drug-likeness (QED) is 0.174. The fraction of sp³-hybridized carbons (Fsp3) is 0.387. The molecule has 0 amide bonds. The van der Waals surface area contributed by atoms with E-state index in [-0.39, 0.29) is 34.8 Å². The van der Waals surface area contributed by atoms with Crippen molar-refractivity contribution in [2.24, 2.45) is 23.2 Å². The number of rotatable bonds is 9. The van der Waals surface area contributed by atoms with E-state index in [0.717, 1.165) is 18.6 Å². The molecule has 216 valence electrons. The molecular weight excluding hydrogens is 570 g/mol. The highest BCUT2D eigenvalue weighted by Gasteiger charge is 2.60. The van der Waals surface area contributed by atoms with Gasteiger partial charge >= 0.3 is 21.3 Å². The molecule has 10 heteroatoms. The molecule has 0 aromatic heterocycles. The van der Waals surface area contributed by atoms with Crippen LogP contribution in [0.4, 0.5) is 8.78 Å². The van der Waals surface area contributed by atoms with E-state index in [1.54, 1.807) is 0 Å². The van der Waals surface area contributed by atoms with Crippen LogP contribution in [0.5, 0.6) is 5.75 Å². The van der Waals surface area contributed by atoms with E-state index in [9.17, 15) is 22.0 Å².